The Labute approximate surface area is 151 Å². The van der Waals surface area contributed by atoms with Crippen LogP contribution >= 0.6 is 0 Å². The lowest BCUT2D eigenvalue weighted by Crippen LogP contribution is -2.71. The minimum atomic E-state index is 0.111. The van der Waals surface area contributed by atoms with Crippen molar-refractivity contribution in [2.24, 2.45) is 16.3 Å². The number of guanidine groups is 1. The van der Waals surface area contributed by atoms with Gasteiger partial charge in [-0.15, -0.1) is 0 Å². The summed E-state index contributed by atoms with van der Waals surface area (Å²) in [6, 6.07) is 0.888. The van der Waals surface area contributed by atoms with Crippen molar-refractivity contribution >= 4 is 11.9 Å². The van der Waals surface area contributed by atoms with Crippen molar-refractivity contribution in [3.8, 4) is 0 Å². The second-order valence-electron chi connectivity index (χ2n) is 8.58. The van der Waals surface area contributed by atoms with Crippen molar-refractivity contribution in [2.45, 2.75) is 64.6 Å². The van der Waals surface area contributed by atoms with Gasteiger partial charge < -0.3 is 19.9 Å². The fourth-order valence-corrected chi connectivity index (χ4v) is 4.98. The lowest BCUT2D eigenvalue weighted by atomic mass is 9.55. The molecule has 1 N–H and O–H groups in total. The zero-order valence-electron chi connectivity index (χ0n) is 15.8. The third-order valence-electron chi connectivity index (χ3n) is 6.47. The van der Waals surface area contributed by atoms with E-state index >= 15 is 0 Å². The zero-order chi connectivity index (χ0) is 17.6. The summed E-state index contributed by atoms with van der Waals surface area (Å²) < 4.78 is 6.02. The van der Waals surface area contributed by atoms with Crippen LogP contribution in [0.4, 0.5) is 0 Å². The molecule has 140 valence electrons. The predicted molar refractivity (Wildman–Crippen MR) is 97.5 cm³/mol. The standard InChI is InChI=1S/C19H32N4O2/c1-4-20-18(22-9-10-23(13-7-8-13)15(24)12-22)21-16-14-6-5-11-25-17(14)19(16,2)3/h13-14,16-17H,4-12H2,1-3H3,(H,20,21). The van der Waals surface area contributed by atoms with Crippen LogP contribution in [-0.2, 0) is 9.53 Å². The Hall–Kier alpha value is -1.30. The first-order valence-corrected chi connectivity index (χ1v) is 9.99. The SMILES string of the molecule is CCN=C(NC1C2CCCOC2C1(C)C)N1CCN(C2CC2)C(=O)C1. The first kappa shape index (κ1) is 17.1. The molecule has 0 bridgehead atoms. The van der Waals surface area contributed by atoms with Crippen LogP contribution in [-0.4, -0.2) is 72.6 Å². The van der Waals surface area contributed by atoms with E-state index in [4.69, 9.17) is 9.73 Å². The molecule has 0 aromatic carbocycles. The molecule has 3 unspecified atom stereocenters. The molecule has 2 saturated carbocycles. The monoisotopic (exact) mass is 348 g/mol. The molecule has 25 heavy (non-hydrogen) atoms. The highest BCUT2D eigenvalue weighted by Crippen LogP contribution is 2.51. The van der Waals surface area contributed by atoms with E-state index in [2.05, 4.69) is 35.9 Å². The number of ether oxygens (including phenoxy) is 1. The minimum Gasteiger partial charge on any atom is -0.377 e. The van der Waals surface area contributed by atoms with Crippen molar-refractivity contribution in [3.05, 3.63) is 0 Å². The van der Waals surface area contributed by atoms with Gasteiger partial charge in [-0.1, -0.05) is 13.8 Å². The predicted octanol–water partition coefficient (Wildman–Crippen LogP) is 1.46. The number of rotatable bonds is 3. The van der Waals surface area contributed by atoms with E-state index in [1.165, 1.54) is 19.3 Å². The van der Waals surface area contributed by atoms with Crippen LogP contribution in [0.2, 0.25) is 0 Å². The second-order valence-corrected chi connectivity index (χ2v) is 8.58. The lowest BCUT2D eigenvalue weighted by Gasteiger charge is -2.60. The molecule has 0 spiro atoms. The Bertz CT molecular complexity index is 558. The number of hydrogen-bond acceptors (Lipinski definition) is 3. The van der Waals surface area contributed by atoms with Gasteiger partial charge in [-0.25, -0.2) is 0 Å². The fraction of sp³-hybridized carbons (Fsp3) is 0.895. The Kier molecular flexibility index (Phi) is 4.42. The second kappa shape index (κ2) is 6.45. The molecule has 3 atom stereocenters. The van der Waals surface area contributed by atoms with Gasteiger partial charge in [0.25, 0.3) is 0 Å². The summed E-state index contributed by atoms with van der Waals surface area (Å²) in [6.07, 6.45) is 5.08. The van der Waals surface area contributed by atoms with Gasteiger partial charge in [-0.3, -0.25) is 9.79 Å². The first-order chi connectivity index (χ1) is 12.0. The van der Waals surface area contributed by atoms with Crippen LogP contribution in [0.25, 0.3) is 0 Å². The number of piperazine rings is 1. The summed E-state index contributed by atoms with van der Waals surface area (Å²) in [5.74, 6) is 1.73. The summed E-state index contributed by atoms with van der Waals surface area (Å²) >= 11 is 0. The Morgan fingerprint density at radius 3 is 2.80 bits per heavy atom. The maximum Gasteiger partial charge on any atom is 0.242 e. The van der Waals surface area contributed by atoms with Gasteiger partial charge in [0.2, 0.25) is 5.91 Å². The number of hydrogen-bond donors (Lipinski definition) is 1. The van der Waals surface area contributed by atoms with Crippen LogP contribution < -0.4 is 5.32 Å². The molecule has 2 heterocycles. The van der Waals surface area contributed by atoms with E-state index in [0.29, 0.717) is 30.7 Å². The molecule has 4 rings (SSSR count). The maximum absolute atomic E-state index is 12.5. The Balaban J connectivity index is 1.43. The van der Waals surface area contributed by atoms with Crippen LogP contribution in [0.15, 0.2) is 4.99 Å². The van der Waals surface area contributed by atoms with Crippen LogP contribution in [0.1, 0.15) is 46.5 Å². The number of carbonyl (C=O) groups excluding carboxylic acids is 1. The molecular formula is C19H32N4O2. The first-order valence-electron chi connectivity index (χ1n) is 9.99. The van der Waals surface area contributed by atoms with Crippen molar-refractivity contribution in [3.63, 3.8) is 0 Å². The van der Waals surface area contributed by atoms with Crippen molar-refractivity contribution in [1.82, 2.24) is 15.1 Å². The summed E-state index contributed by atoms with van der Waals surface area (Å²) in [6.45, 7) is 10.4. The van der Waals surface area contributed by atoms with E-state index < -0.39 is 0 Å². The number of fused-ring (bicyclic) bond motifs is 1. The molecule has 0 aromatic heterocycles. The smallest absolute Gasteiger partial charge is 0.242 e. The van der Waals surface area contributed by atoms with Gasteiger partial charge in [-0.2, -0.15) is 0 Å². The highest BCUT2D eigenvalue weighted by molar-refractivity contribution is 5.88. The topological polar surface area (TPSA) is 57.2 Å². The minimum absolute atomic E-state index is 0.111. The van der Waals surface area contributed by atoms with Crippen LogP contribution in [0.3, 0.4) is 0 Å². The largest absolute Gasteiger partial charge is 0.377 e. The molecule has 2 aliphatic carbocycles. The summed E-state index contributed by atoms with van der Waals surface area (Å²) in [5.41, 5.74) is 0.111. The Morgan fingerprint density at radius 1 is 1.32 bits per heavy atom. The third kappa shape index (κ3) is 3.03. The highest BCUT2D eigenvalue weighted by Gasteiger charge is 2.58. The van der Waals surface area contributed by atoms with E-state index in [9.17, 15) is 4.79 Å². The average molecular weight is 348 g/mol. The van der Waals surface area contributed by atoms with E-state index in [0.717, 1.165) is 38.6 Å². The number of nitrogens with one attached hydrogen (secondary N) is 1. The molecule has 2 aliphatic heterocycles. The molecule has 6 heteroatoms. The zero-order valence-corrected chi connectivity index (χ0v) is 15.8. The van der Waals surface area contributed by atoms with Gasteiger partial charge in [0.1, 0.15) is 0 Å². The average Bonchev–Trinajstić information content (AvgIpc) is 3.43. The normalized spacial score (nSPS) is 35.2. The molecule has 1 amide bonds. The van der Waals surface area contributed by atoms with Crippen LogP contribution in [0.5, 0.6) is 0 Å². The van der Waals surface area contributed by atoms with E-state index in [-0.39, 0.29) is 11.3 Å². The quantitative estimate of drug-likeness (QED) is 0.620. The number of nitrogens with zero attached hydrogens (tertiary/aromatic N) is 3. The number of amides is 1. The molecule has 0 aromatic rings. The van der Waals surface area contributed by atoms with Crippen molar-refractivity contribution in [1.29, 1.82) is 0 Å². The summed E-state index contributed by atoms with van der Waals surface area (Å²) in [7, 11) is 0. The van der Waals surface area contributed by atoms with Crippen LogP contribution in [0, 0.1) is 11.3 Å². The van der Waals surface area contributed by atoms with E-state index in [1.54, 1.807) is 0 Å². The van der Waals surface area contributed by atoms with Gasteiger partial charge in [-0.05, 0) is 32.6 Å². The lowest BCUT2D eigenvalue weighted by molar-refractivity contribution is -0.188. The van der Waals surface area contributed by atoms with E-state index in [1.807, 2.05) is 0 Å². The molecule has 2 saturated heterocycles. The molecular weight excluding hydrogens is 316 g/mol. The van der Waals surface area contributed by atoms with Gasteiger partial charge >= 0.3 is 0 Å². The van der Waals surface area contributed by atoms with Gasteiger partial charge in [0.15, 0.2) is 5.96 Å². The molecule has 4 fully saturated rings. The van der Waals surface area contributed by atoms with Gasteiger partial charge in [0, 0.05) is 49.7 Å². The maximum atomic E-state index is 12.5. The molecule has 0 radical (unpaired) electrons. The summed E-state index contributed by atoms with van der Waals surface area (Å²) in [4.78, 5) is 21.4. The molecule has 4 aliphatic rings. The fourth-order valence-electron chi connectivity index (χ4n) is 4.98. The molecule has 6 nitrogen and oxygen atoms in total. The number of carbonyl (C=O) groups is 1. The van der Waals surface area contributed by atoms with Gasteiger partial charge in [0.05, 0.1) is 12.6 Å². The summed E-state index contributed by atoms with van der Waals surface area (Å²) in [5, 5.41) is 3.72. The Morgan fingerprint density at radius 2 is 2.12 bits per heavy atom. The number of aliphatic imine (C=N–C) groups is 1. The third-order valence-corrected chi connectivity index (χ3v) is 6.47. The highest BCUT2D eigenvalue weighted by atomic mass is 16.5. The van der Waals surface area contributed by atoms with Crippen molar-refractivity contribution in [2.75, 3.05) is 32.8 Å². The van der Waals surface area contributed by atoms with Crippen molar-refractivity contribution < 1.29 is 9.53 Å².